The SMILES string of the molecule is CCCC(NC1CC2CCC1(C)C2(C)C)c1ccccc1. The Hall–Kier alpha value is -0.820. The molecule has 1 heteroatoms. The predicted molar refractivity (Wildman–Crippen MR) is 90.2 cm³/mol. The Balaban J connectivity index is 1.79. The second-order valence-electron chi connectivity index (χ2n) is 8.08. The van der Waals surface area contributed by atoms with E-state index in [4.69, 9.17) is 0 Å². The monoisotopic (exact) mass is 285 g/mol. The number of rotatable bonds is 5. The first-order valence-corrected chi connectivity index (χ1v) is 8.80. The van der Waals surface area contributed by atoms with E-state index in [0.29, 0.717) is 22.9 Å². The number of hydrogen-bond donors (Lipinski definition) is 1. The summed E-state index contributed by atoms with van der Waals surface area (Å²) >= 11 is 0. The van der Waals surface area contributed by atoms with Gasteiger partial charge in [0.05, 0.1) is 0 Å². The second-order valence-corrected chi connectivity index (χ2v) is 8.08. The van der Waals surface area contributed by atoms with Crippen molar-refractivity contribution >= 4 is 0 Å². The van der Waals surface area contributed by atoms with Crippen molar-refractivity contribution in [1.29, 1.82) is 0 Å². The maximum Gasteiger partial charge on any atom is 0.0322 e. The van der Waals surface area contributed by atoms with E-state index >= 15 is 0 Å². The molecule has 2 fully saturated rings. The van der Waals surface area contributed by atoms with Crippen LogP contribution in [0.1, 0.15) is 71.4 Å². The van der Waals surface area contributed by atoms with E-state index in [2.05, 4.69) is 63.3 Å². The zero-order valence-corrected chi connectivity index (χ0v) is 14.2. The van der Waals surface area contributed by atoms with Crippen molar-refractivity contribution in [1.82, 2.24) is 5.32 Å². The molecular formula is C20H31N. The summed E-state index contributed by atoms with van der Waals surface area (Å²) < 4.78 is 0. The molecule has 116 valence electrons. The Morgan fingerprint density at radius 3 is 2.43 bits per heavy atom. The molecule has 21 heavy (non-hydrogen) atoms. The third kappa shape index (κ3) is 2.34. The molecule has 2 saturated carbocycles. The topological polar surface area (TPSA) is 12.0 Å². The van der Waals surface area contributed by atoms with Gasteiger partial charge in [-0.15, -0.1) is 0 Å². The fourth-order valence-electron chi connectivity index (χ4n) is 5.02. The molecule has 0 radical (unpaired) electrons. The summed E-state index contributed by atoms with van der Waals surface area (Å²) in [6.45, 7) is 9.84. The average molecular weight is 285 g/mol. The fourth-order valence-corrected chi connectivity index (χ4v) is 5.02. The van der Waals surface area contributed by atoms with Crippen LogP contribution in [0, 0.1) is 16.7 Å². The molecule has 0 amide bonds. The Morgan fingerprint density at radius 1 is 1.19 bits per heavy atom. The van der Waals surface area contributed by atoms with Crippen molar-refractivity contribution in [3.63, 3.8) is 0 Å². The van der Waals surface area contributed by atoms with Gasteiger partial charge >= 0.3 is 0 Å². The highest BCUT2D eigenvalue weighted by Gasteiger charge is 2.61. The number of nitrogens with one attached hydrogen (secondary N) is 1. The van der Waals surface area contributed by atoms with E-state index in [1.807, 2.05) is 0 Å². The van der Waals surface area contributed by atoms with Gasteiger partial charge in [-0.25, -0.2) is 0 Å². The Labute approximate surface area is 130 Å². The third-order valence-corrected chi connectivity index (χ3v) is 6.98. The summed E-state index contributed by atoms with van der Waals surface area (Å²) in [5.74, 6) is 0.915. The molecule has 4 atom stereocenters. The normalized spacial score (nSPS) is 35.0. The molecule has 1 N–H and O–H groups in total. The van der Waals surface area contributed by atoms with Gasteiger partial charge in [0.2, 0.25) is 0 Å². The fraction of sp³-hybridized carbons (Fsp3) is 0.700. The summed E-state index contributed by atoms with van der Waals surface area (Å²) in [7, 11) is 0. The predicted octanol–water partition coefficient (Wildman–Crippen LogP) is 5.33. The summed E-state index contributed by atoms with van der Waals surface area (Å²) in [5, 5.41) is 4.06. The lowest BCUT2D eigenvalue weighted by atomic mass is 9.69. The van der Waals surface area contributed by atoms with Crippen molar-refractivity contribution < 1.29 is 0 Å². The smallest absolute Gasteiger partial charge is 0.0322 e. The Kier molecular flexibility index (Phi) is 3.90. The zero-order valence-electron chi connectivity index (χ0n) is 14.2. The van der Waals surface area contributed by atoms with Crippen molar-refractivity contribution in [2.45, 2.75) is 71.9 Å². The molecule has 0 saturated heterocycles. The molecule has 1 nitrogen and oxygen atoms in total. The summed E-state index contributed by atoms with van der Waals surface area (Å²) in [5.41, 5.74) is 2.43. The molecular weight excluding hydrogens is 254 g/mol. The molecule has 2 aliphatic rings. The van der Waals surface area contributed by atoms with Crippen LogP contribution in [-0.4, -0.2) is 6.04 Å². The number of hydrogen-bond acceptors (Lipinski definition) is 1. The number of fused-ring (bicyclic) bond motifs is 2. The zero-order chi connectivity index (χ0) is 15.1. The van der Waals surface area contributed by atoms with Gasteiger partial charge in [0.15, 0.2) is 0 Å². The van der Waals surface area contributed by atoms with E-state index in [1.54, 1.807) is 0 Å². The van der Waals surface area contributed by atoms with E-state index in [1.165, 1.54) is 37.7 Å². The van der Waals surface area contributed by atoms with E-state index < -0.39 is 0 Å². The molecule has 0 spiro atoms. The van der Waals surface area contributed by atoms with Gasteiger partial charge in [0, 0.05) is 12.1 Å². The highest BCUT2D eigenvalue weighted by atomic mass is 15.0. The molecule has 4 unspecified atom stereocenters. The molecule has 1 aromatic carbocycles. The largest absolute Gasteiger partial charge is 0.307 e. The van der Waals surface area contributed by atoms with Crippen molar-refractivity contribution in [3.05, 3.63) is 35.9 Å². The Bertz CT molecular complexity index is 478. The van der Waals surface area contributed by atoms with Gasteiger partial charge in [-0.2, -0.15) is 0 Å². The van der Waals surface area contributed by atoms with Crippen LogP contribution in [0.25, 0.3) is 0 Å². The lowest BCUT2D eigenvalue weighted by Gasteiger charge is -2.41. The van der Waals surface area contributed by atoms with Crippen LogP contribution in [0.4, 0.5) is 0 Å². The lowest BCUT2D eigenvalue weighted by molar-refractivity contribution is 0.114. The van der Waals surface area contributed by atoms with E-state index in [9.17, 15) is 0 Å². The number of benzene rings is 1. The average Bonchev–Trinajstić information content (AvgIpc) is 2.81. The summed E-state index contributed by atoms with van der Waals surface area (Å²) in [6, 6.07) is 12.2. The molecule has 0 aromatic heterocycles. The minimum Gasteiger partial charge on any atom is -0.307 e. The van der Waals surface area contributed by atoms with Crippen LogP contribution in [0.15, 0.2) is 30.3 Å². The third-order valence-electron chi connectivity index (χ3n) is 6.98. The molecule has 1 aromatic rings. The van der Waals surface area contributed by atoms with Crippen LogP contribution < -0.4 is 5.32 Å². The van der Waals surface area contributed by atoms with Gasteiger partial charge in [-0.3, -0.25) is 0 Å². The lowest BCUT2D eigenvalue weighted by Crippen LogP contribution is -2.45. The van der Waals surface area contributed by atoms with Crippen LogP contribution in [0.5, 0.6) is 0 Å². The second kappa shape index (κ2) is 5.43. The van der Waals surface area contributed by atoms with E-state index in [-0.39, 0.29) is 0 Å². The maximum atomic E-state index is 4.06. The molecule has 3 rings (SSSR count). The van der Waals surface area contributed by atoms with Crippen molar-refractivity contribution in [2.75, 3.05) is 0 Å². The summed E-state index contributed by atoms with van der Waals surface area (Å²) in [4.78, 5) is 0. The quantitative estimate of drug-likeness (QED) is 0.770. The van der Waals surface area contributed by atoms with Crippen molar-refractivity contribution in [3.8, 4) is 0 Å². The van der Waals surface area contributed by atoms with Crippen LogP contribution in [-0.2, 0) is 0 Å². The molecule has 0 aliphatic heterocycles. The standard InChI is InChI=1S/C20H31N/c1-5-9-17(15-10-7-6-8-11-15)21-18-14-16-12-13-20(18,4)19(16,2)3/h6-8,10-11,16-18,21H,5,9,12-14H2,1-4H3. The summed E-state index contributed by atoms with van der Waals surface area (Å²) in [6.07, 6.45) is 6.68. The molecule has 2 aliphatic carbocycles. The highest BCUT2D eigenvalue weighted by molar-refractivity contribution is 5.21. The van der Waals surface area contributed by atoms with Gasteiger partial charge in [-0.1, -0.05) is 64.4 Å². The maximum absolute atomic E-state index is 4.06. The van der Waals surface area contributed by atoms with Crippen LogP contribution in [0.2, 0.25) is 0 Å². The molecule has 2 bridgehead atoms. The first-order chi connectivity index (χ1) is 9.99. The van der Waals surface area contributed by atoms with Gasteiger partial charge in [-0.05, 0) is 48.0 Å². The molecule has 0 heterocycles. The van der Waals surface area contributed by atoms with E-state index in [0.717, 1.165) is 5.92 Å². The minimum absolute atomic E-state index is 0.471. The van der Waals surface area contributed by atoms with Crippen LogP contribution >= 0.6 is 0 Å². The minimum atomic E-state index is 0.471. The van der Waals surface area contributed by atoms with Crippen molar-refractivity contribution in [2.24, 2.45) is 16.7 Å². The highest BCUT2D eigenvalue weighted by Crippen LogP contribution is 2.65. The first kappa shape index (κ1) is 15.1. The van der Waals surface area contributed by atoms with Gasteiger partial charge in [0.25, 0.3) is 0 Å². The van der Waals surface area contributed by atoms with Gasteiger partial charge in [0.1, 0.15) is 0 Å². The van der Waals surface area contributed by atoms with Crippen LogP contribution in [0.3, 0.4) is 0 Å². The Morgan fingerprint density at radius 2 is 1.90 bits per heavy atom. The van der Waals surface area contributed by atoms with Gasteiger partial charge < -0.3 is 5.32 Å². The first-order valence-electron chi connectivity index (χ1n) is 8.80.